The molecule has 7 atom stereocenters. The molecule has 184 valence electrons. The SMILES string of the molecule is CC12COC(CNS(C)(=O)=O)OC1CCC1(C)C(CC(=O)N3CCOCC3)C(O)CCC21. The Morgan fingerprint density at radius 3 is 2.56 bits per heavy atom. The lowest BCUT2D eigenvalue weighted by atomic mass is 9.46. The van der Waals surface area contributed by atoms with E-state index in [9.17, 15) is 18.3 Å². The van der Waals surface area contributed by atoms with Crippen LogP contribution >= 0.6 is 0 Å². The summed E-state index contributed by atoms with van der Waals surface area (Å²) >= 11 is 0. The van der Waals surface area contributed by atoms with Crippen molar-refractivity contribution < 1.29 is 32.5 Å². The second-order valence-electron chi connectivity index (χ2n) is 10.5. The number of morpholine rings is 1. The molecule has 2 saturated heterocycles. The lowest BCUT2D eigenvalue weighted by Crippen LogP contribution is -2.63. The summed E-state index contributed by atoms with van der Waals surface area (Å²) < 4.78 is 42.9. The van der Waals surface area contributed by atoms with Gasteiger partial charge in [0.05, 0.1) is 44.8 Å². The molecule has 2 aliphatic heterocycles. The quantitative estimate of drug-likeness (QED) is 0.603. The van der Waals surface area contributed by atoms with E-state index in [0.717, 1.165) is 25.5 Å². The Morgan fingerprint density at radius 2 is 1.88 bits per heavy atom. The van der Waals surface area contributed by atoms with Gasteiger partial charge in [-0.3, -0.25) is 4.79 Å². The first-order valence-corrected chi connectivity index (χ1v) is 13.7. The molecule has 7 unspecified atom stereocenters. The van der Waals surface area contributed by atoms with Crippen LogP contribution in [-0.4, -0.2) is 88.5 Å². The zero-order valence-corrected chi connectivity index (χ0v) is 20.2. The summed E-state index contributed by atoms with van der Waals surface area (Å²) in [7, 11) is -3.31. The average Bonchev–Trinajstić information content (AvgIpc) is 2.74. The standard InChI is InChI=1S/C22H38N2O7S/c1-21-7-6-18-22(2,14-30-20(31-18)13-23-32(3,27)28)17(21)5-4-16(25)15(21)12-19(26)24-8-10-29-11-9-24/h15-18,20,23,25H,4-14H2,1-3H3. The van der Waals surface area contributed by atoms with E-state index in [1.54, 1.807) is 0 Å². The number of carbonyl (C=O) groups excluding carboxylic acids is 1. The van der Waals surface area contributed by atoms with Gasteiger partial charge in [-0.25, -0.2) is 13.1 Å². The second-order valence-corrected chi connectivity index (χ2v) is 12.4. The number of nitrogens with zero attached hydrogens (tertiary/aromatic N) is 1. The molecule has 1 amide bonds. The van der Waals surface area contributed by atoms with E-state index in [2.05, 4.69) is 18.6 Å². The third-order valence-corrected chi connectivity index (χ3v) is 9.19. The molecule has 10 heteroatoms. The normalized spacial score (nSPS) is 42.8. The molecule has 2 N–H and O–H groups in total. The maximum Gasteiger partial charge on any atom is 0.223 e. The second kappa shape index (κ2) is 9.11. The summed E-state index contributed by atoms with van der Waals surface area (Å²) in [5.74, 6) is 0.261. The fraction of sp³-hybridized carbons (Fsp3) is 0.955. The highest BCUT2D eigenvalue weighted by atomic mass is 32.2. The summed E-state index contributed by atoms with van der Waals surface area (Å²) in [6.07, 6.45) is 3.56. The van der Waals surface area contributed by atoms with Crippen LogP contribution in [0.15, 0.2) is 0 Å². The molecule has 0 spiro atoms. The van der Waals surface area contributed by atoms with Crippen LogP contribution in [0.3, 0.4) is 0 Å². The Balaban J connectivity index is 1.47. The Bertz CT molecular complexity index is 802. The first kappa shape index (κ1) is 24.3. The lowest BCUT2D eigenvalue weighted by Gasteiger charge is -2.63. The third-order valence-electron chi connectivity index (χ3n) is 8.50. The highest BCUT2D eigenvalue weighted by Gasteiger charge is 2.61. The molecule has 9 nitrogen and oxygen atoms in total. The summed E-state index contributed by atoms with van der Waals surface area (Å²) in [6, 6.07) is 0. The van der Waals surface area contributed by atoms with E-state index in [1.807, 2.05) is 4.90 Å². The van der Waals surface area contributed by atoms with Crippen molar-refractivity contribution in [3.63, 3.8) is 0 Å². The molecule has 0 aromatic heterocycles. The van der Waals surface area contributed by atoms with Gasteiger partial charge in [0.2, 0.25) is 15.9 Å². The zero-order valence-electron chi connectivity index (χ0n) is 19.4. The van der Waals surface area contributed by atoms with E-state index < -0.39 is 22.4 Å². The van der Waals surface area contributed by atoms with Crippen molar-refractivity contribution in [1.82, 2.24) is 9.62 Å². The van der Waals surface area contributed by atoms with Crippen LogP contribution in [-0.2, 0) is 29.0 Å². The predicted molar refractivity (Wildman–Crippen MR) is 117 cm³/mol. The Kier molecular flexibility index (Phi) is 6.93. The first-order valence-electron chi connectivity index (χ1n) is 11.8. The molecule has 32 heavy (non-hydrogen) atoms. The third kappa shape index (κ3) is 4.72. The number of carbonyl (C=O) groups is 1. The van der Waals surface area contributed by atoms with Gasteiger partial charge in [0.15, 0.2) is 6.29 Å². The molecule has 4 fully saturated rings. The van der Waals surface area contributed by atoms with Crippen LogP contribution in [0.1, 0.15) is 46.0 Å². The van der Waals surface area contributed by atoms with E-state index in [-0.39, 0.29) is 41.2 Å². The summed E-state index contributed by atoms with van der Waals surface area (Å²) in [5, 5.41) is 11.0. The van der Waals surface area contributed by atoms with Crippen molar-refractivity contribution >= 4 is 15.9 Å². The van der Waals surface area contributed by atoms with Gasteiger partial charge in [-0.1, -0.05) is 13.8 Å². The number of hydrogen-bond donors (Lipinski definition) is 2. The van der Waals surface area contributed by atoms with Crippen LogP contribution in [0.2, 0.25) is 0 Å². The molecule has 4 aliphatic rings. The molecule has 0 bridgehead atoms. The molecular formula is C22H38N2O7S. The molecule has 0 radical (unpaired) electrons. The van der Waals surface area contributed by atoms with Crippen molar-refractivity contribution in [2.24, 2.45) is 22.7 Å². The van der Waals surface area contributed by atoms with Crippen LogP contribution in [0.25, 0.3) is 0 Å². The van der Waals surface area contributed by atoms with E-state index in [0.29, 0.717) is 45.8 Å². The van der Waals surface area contributed by atoms with E-state index in [4.69, 9.17) is 14.2 Å². The molecule has 2 saturated carbocycles. The fourth-order valence-corrected chi connectivity index (χ4v) is 7.18. The minimum absolute atomic E-state index is 0.0356. The predicted octanol–water partition coefficient (Wildman–Crippen LogP) is 0.720. The number of nitrogens with one attached hydrogen (secondary N) is 1. The molecular weight excluding hydrogens is 436 g/mol. The number of fused-ring (bicyclic) bond motifs is 3. The maximum absolute atomic E-state index is 13.0. The van der Waals surface area contributed by atoms with Crippen molar-refractivity contribution in [3.8, 4) is 0 Å². The van der Waals surface area contributed by atoms with Gasteiger partial charge in [-0.15, -0.1) is 0 Å². The number of amides is 1. The zero-order chi connectivity index (χ0) is 23.1. The smallest absolute Gasteiger partial charge is 0.223 e. The number of aliphatic hydroxyl groups is 1. The summed E-state index contributed by atoms with van der Waals surface area (Å²) in [6.45, 7) is 7.38. The number of ether oxygens (including phenoxy) is 3. The number of sulfonamides is 1. The van der Waals surface area contributed by atoms with Gasteiger partial charge in [0.25, 0.3) is 0 Å². The highest BCUT2D eigenvalue weighted by Crippen LogP contribution is 2.62. The summed E-state index contributed by atoms with van der Waals surface area (Å²) in [5.41, 5.74) is -0.426. The molecule has 4 rings (SSSR count). The maximum atomic E-state index is 13.0. The minimum atomic E-state index is -3.31. The Morgan fingerprint density at radius 1 is 1.16 bits per heavy atom. The van der Waals surface area contributed by atoms with Gasteiger partial charge in [0, 0.05) is 24.9 Å². The molecule has 0 aromatic rings. The average molecular weight is 475 g/mol. The monoisotopic (exact) mass is 474 g/mol. The van der Waals surface area contributed by atoms with Crippen molar-refractivity contribution in [2.45, 2.75) is 64.4 Å². The van der Waals surface area contributed by atoms with Crippen molar-refractivity contribution in [2.75, 3.05) is 45.7 Å². The van der Waals surface area contributed by atoms with Crippen LogP contribution < -0.4 is 4.72 Å². The van der Waals surface area contributed by atoms with E-state index >= 15 is 0 Å². The van der Waals surface area contributed by atoms with Gasteiger partial charge in [-0.05, 0) is 42.9 Å². The number of rotatable bonds is 5. The molecule has 2 heterocycles. The van der Waals surface area contributed by atoms with E-state index in [1.165, 1.54) is 0 Å². The van der Waals surface area contributed by atoms with Gasteiger partial charge < -0.3 is 24.2 Å². The topological polar surface area (TPSA) is 114 Å². The van der Waals surface area contributed by atoms with Crippen molar-refractivity contribution in [1.29, 1.82) is 0 Å². The molecule has 2 aliphatic carbocycles. The Hall–Kier alpha value is -0.780. The van der Waals surface area contributed by atoms with Gasteiger partial charge in [0.1, 0.15) is 0 Å². The largest absolute Gasteiger partial charge is 0.393 e. The fourth-order valence-electron chi connectivity index (χ4n) is 6.74. The van der Waals surface area contributed by atoms with Crippen LogP contribution in [0.5, 0.6) is 0 Å². The van der Waals surface area contributed by atoms with Gasteiger partial charge in [-0.2, -0.15) is 0 Å². The lowest BCUT2D eigenvalue weighted by molar-refractivity contribution is -0.306. The van der Waals surface area contributed by atoms with Crippen molar-refractivity contribution in [3.05, 3.63) is 0 Å². The minimum Gasteiger partial charge on any atom is -0.393 e. The molecule has 0 aromatic carbocycles. The Labute approximate surface area is 191 Å². The van der Waals surface area contributed by atoms with Crippen LogP contribution in [0.4, 0.5) is 0 Å². The summed E-state index contributed by atoms with van der Waals surface area (Å²) in [4.78, 5) is 14.9. The number of hydrogen-bond acceptors (Lipinski definition) is 7. The van der Waals surface area contributed by atoms with Gasteiger partial charge >= 0.3 is 0 Å². The highest BCUT2D eigenvalue weighted by molar-refractivity contribution is 7.88. The number of aliphatic hydroxyl groups excluding tert-OH is 1. The first-order chi connectivity index (χ1) is 15.0. The van der Waals surface area contributed by atoms with Crippen LogP contribution in [0, 0.1) is 22.7 Å².